The number of thiazole rings is 1. The molecule has 0 spiro atoms. The monoisotopic (exact) mass is 191 g/mol. The molecule has 0 bridgehead atoms. The van der Waals surface area contributed by atoms with E-state index in [0.717, 1.165) is 21.7 Å². The van der Waals surface area contributed by atoms with Crippen LogP contribution >= 0.6 is 11.3 Å². The predicted octanol–water partition coefficient (Wildman–Crippen LogP) is 2.62. The minimum absolute atomic E-state index is 0.774. The second-order valence-electron chi connectivity index (χ2n) is 2.78. The highest BCUT2D eigenvalue weighted by atomic mass is 32.1. The Balaban J connectivity index is 2.55. The van der Waals surface area contributed by atoms with E-state index < -0.39 is 0 Å². The van der Waals surface area contributed by atoms with Crippen molar-refractivity contribution in [3.63, 3.8) is 0 Å². The number of nitrogens with zero attached hydrogens (tertiary/aromatic N) is 1. The highest BCUT2D eigenvalue weighted by Crippen LogP contribution is 2.25. The molecular formula is C9H9N3S. The number of hydrogen-bond acceptors (Lipinski definition) is 3. The summed E-state index contributed by atoms with van der Waals surface area (Å²) < 4.78 is 1.16. The fourth-order valence-corrected chi connectivity index (χ4v) is 2.09. The number of aromatic nitrogens is 1. The Bertz CT molecular complexity index is 447. The van der Waals surface area contributed by atoms with E-state index in [2.05, 4.69) is 23.3 Å². The summed E-state index contributed by atoms with van der Waals surface area (Å²) in [7, 11) is 0. The van der Waals surface area contributed by atoms with E-state index in [9.17, 15) is 0 Å². The van der Waals surface area contributed by atoms with Gasteiger partial charge in [0.05, 0.1) is 16.6 Å². The zero-order valence-corrected chi connectivity index (χ0v) is 7.98. The van der Waals surface area contributed by atoms with Gasteiger partial charge in [0, 0.05) is 0 Å². The molecule has 2 N–H and O–H groups in total. The van der Waals surface area contributed by atoms with Crippen molar-refractivity contribution in [2.24, 2.45) is 0 Å². The molecule has 4 heteroatoms. The fraction of sp³-hybridized carbons (Fsp3) is 0.111. The van der Waals surface area contributed by atoms with Crippen molar-refractivity contribution in [3.8, 4) is 0 Å². The minimum atomic E-state index is 0.774. The molecule has 2 aromatic rings. The van der Waals surface area contributed by atoms with Crippen molar-refractivity contribution >= 4 is 33.0 Å². The first kappa shape index (κ1) is 8.19. The summed E-state index contributed by atoms with van der Waals surface area (Å²) in [5.41, 5.74) is 2.22. The second kappa shape index (κ2) is 3.14. The van der Waals surface area contributed by atoms with E-state index in [0.29, 0.717) is 0 Å². The van der Waals surface area contributed by atoms with Gasteiger partial charge in [0.1, 0.15) is 0 Å². The largest absolute Gasteiger partial charge is 0.323 e. The number of nitrogens with one attached hydrogen (secondary N) is 2. The van der Waals surface area contributed by atoms with Crippen molar-refractivity contribution in [2.75, 3.05) is 5.32 Å². The molecule has 0 amide bonds. The van der Waals surface area contributed by atoms with E-state index in [1.54, 1.807) is 11.3 Å². The standard InChI is InChI=1S/C9H9N3S/c1-6-2-3-7-8(4-6)13-9(12-7)11-5-10/h2-5H,1H3,(H2,10,11,12). The lowest BCUT2D eigenvalue weighted by Crippen LogP contribution is -1.90. The summed E-state index contributed by atoms with van der Waals surface area (Å²) in [4.78, 5) is 4.30. The van der Waals surface area contributed by atoms with Crippen molar-refractivity contribution in [1.82, 2.24) is 4.98 Å². The van der Waals surface area contributed by atoms with Crippen LogP contribution in [0.15, 0.2) is 18.2 Å². The van der Waals surface area contributed by atoms with Gasteiger partial charge in [0.15, 0.2) is 5.13 Å². The molecule has 0 aliphatic rings. The van der Waals surface area contributed by atoms with Crippen molar-refractivity contribution < 1.29 is 0 Å². The molecule has 1 aromatic heterocycles. The summed E-state index contributed by atoms with van der Waals surface area (Å²) in [5.74, 6) is 0. The molecule has 0 saturated carbocycles. The van der Waals surface area contributed by atoms with Gasteiger partial charge >= 0.3 is 0 Å². The highest BCUT2D eigenvalue weighted by molar-refractivity contribution is 7.22. The van der Waals surface area contributed by atoms with Crippen LogP contribution < -0.4 is 5.32 Å². The first-order valence-electron chi connectivity index (χ1n) is 3.92. The Hall–Kier alpha value is -1.42. The van der Waals surface area contributed by atoms with E-state index in [1.807, 2.05) is 12.1 Å². The molecule has 1 aromatic carbocycles. The second-order valence-corrected chi connectivity index (χ2v) is 3.81. The molecule has 0 fully saturated rings. The number of hydrogen-bond donors (Lipinski definition) is 2. The maximum absolute atomic E-state index is 6.89. The van der Waals surface area contributed by atoms with E-state index in [1.165, 1.54) is 5.56 Å². The lowest BCUT2D eigenvalue weighted by atomic mass is 10.2. The van der Waals surface area contributed by atoms with Crippen LogP contribution in [-0.4, -0.2) is 11.3 Å². The molecule has 0 unspecified atom stereocenters. The number of aryl methyl sites for hydroxylation is 1. The third kappa shape index (κ3) is 1.53. The summed E-state index contributed by atoms with van der Waals surface area (Å²) >= 11 is 1.56. The maximum atomic E-state index is 6.89. The van der Waals surface area contributed by atoms with Gasteiger partial charge in [-0.15, -0.1) is 0 Å². The van der Waals surface area contributed by atoms with Crippen molar-refractivity contribution in [3.05, 3.63) is 23.8 Å². The maximum Gasteiger partial charge on any atom is 0.188 e. The molecule has 1 heterocycles. The fourth-order valence-electron chi connectivity index (χ4n) is 1.16. The average molecular weight is 191 g/mol. The lowest BCUT2D eigenvalue weighted by molar-refractivity contribution is 1.44. The predicted molar refractivity (Wildman–Crippen MR) is 56.8 cm³/mol. The number of fused-ring (bicyclic) bond motifs is 1. The summed E-state index contributed by atoms with van der Waals surface area (Å²) in [6.07, 6.45) is 1.14. The van der Waals surface area contributed by atoms with Gasteiger partial charge in [-0.05, 0) is 24.6 Å². The Morgan fingerprint density at radius 1 is 1.54 bits per heavy atom. The van der Waals surface area contributed by atoms with Gasteiger partial charge < -0.3 is 5.32 Å². The Kier molecular flexibility index (Phi) is 1.98. The van der Waals surface area contributed by atoms with E-state index in [4.69, 9.17) is 5.41 Å². The van der Waals surface area contributed by atoms with E-state index >= 15 is 0 Å². The molecule has 0 aliphatic heterocycles. The lowest BCUT2D eigenvalue weighted by Gasteiger charge is -1.88. The van der Waals surface area contributed by atoms with Crippen LogP contribution in [0, 0.1) is 12.3 Å². The SMILES string of the molecule is Cc1ccc2nc(NC=N)sc2c1. The summed E-state index contributed by atoms with van der Waals surface area (Å²) in [5, 5.41) is 10.4. The highest BCUT2D eigenvalue weighted by Gasteiger charge is 2.01. The molecule has 0 atom stereocenters. The molecule has 0 aliphatic carbocycles. The van der Waals surface area contributed by atoms with Gasteiger partial charge in [-0.2, -0.15) is 0 Å². The van der Waals surface area contributed by atoms with Gasteiger partial charge in [-0.3, -0.25) is 5.41 Å². The number of anilines is 1. The molecule has 0 radical (unpaired) electrons. The van der Waals surface area contributed by atoms with Crippen molar-refractivity contribution in [1.29, 1.82) is 5.41 Å². The zero-order valence-electron chi connectivity index (χ0n) is 7.16. The topological polar surface area (TPSA) is 48.8 Å². The van der Waals surface area contributed by atoms with Gasteiger partial charge in [-0.1, -0.05) is 17.4 Å². The van der Waals surface area contributed by atoms with Gasteiger partial charge in [0.2, 0.25) is 0 Å². The first-order chi connectivity index (χ1) is 6.29. The molecule has 2 rings (SSSR count). The first-order valence-corrected chi connectivity index (χ1v) is 4.74. The minimum Gasteiger partial charge on any atom is -0.323 e. The van der Waals surface area contributed by atoms with Crippen LogP contribution in [0.4, 0.5) is 5.13 Å². The molecular weight excluding hydrogens is 182 g/mol. The van der Waals surface area contributed by atoms with Crippen LogP contribution in [0.5, 0.6) is 0 Å². The number of rotatable bonds is 2. The molecule has 13 heavy (non-hydrogen) atoms. The quantitative estimate of drug-likeness (QED) is 0.566. The molecule has 66 valence electrons. The van der Waals surface area contributed by atoms with Crippen LogP contribution in [0.1, 0.15) is 5.56 Å². The van der Waals surface area contributed by atoms with Crippen LogP contribution in [0.2, 0.25) is 0 Å². The van der Waals surface area contributed by atoms with Gasteiger partial charge in [-0.25, -0.2) is 4.98 Å². The normalized spacial score (nSPS) is 10.2. The Morgan fingerprint density at radius 3 is 3.15 bits per heavy atom. The van der Waals surface area contributed by atoms with Gasteiger partial charge in [0.25, 0.3) is 0 Å². The van der Waals surface area contributed by atoms with Crippen LogP contribution in [0.3, 0.4) is 0 Å². The summed E-state index contributed by atoms with van der Waals surface area (Å²) in [6, 6.07) is 6.13. The smallest absolute Gasteiger partial charge is 0.188 e. The third-order valence-electron chi connectivity index (χ3n) is 1.74. The Morgan fingerprint density at radius 2 is 2.38 bits per heavy atom. The van der Waals surface area contributed by atoms with E-state index in [-0.39, 0.29) is 0 Å². The van der Waals surface area contributed by atoms with Crippen LogP contribution in [-0.2, 0) is 0 Å². The molecule has 3 nitrogen and oxygen atoms in total. The molecule has 0 saturated heterocycles. The van der Waals surface area contributed by atoms with Crippen molar-refractivity contribution in [2.45, 2.75) is 6.92 Å². The Labute approximate surface area is 79.9 Å². The summed E-state index contributed by atoms with van der Waals surface area (Å²) in [6.45, 7) is 2.06. The van der Waals surface area contributed by atoms with Crippen LogP contribution in [0.25, 0.3) is 10.2 Å². The number of benzene rings is 1. The third-order valence-corrected chi connectivity index (χ3v) is 2.69. The zero-order chi connectivity index (χ0) is 9.26. The average Bonchev–Trinajstić information content (AvgIpc) is 2.46.